The van der Waals surface area contributed by atoms with Crippen molar-refractivity contribution in [1.82, 2.24) is 10.6 Å². The number of carbonyl (C=O) groups excluding carboxylic acids is 1. The molecule has 0 aromatic carbocycles. The van der Waals surface area contributed by atoms with E-state index < -0.39 is 0 Å². The lowest BCUT2D eigenvalue weighted by molar-refractivity contribution is 0.0953. The zero-order valence-corrected chi connectivity index (χ0v) is 14.8. The second-order valence-electron chi connectivity index (χ2n) is 5.52. The molecule has 1 aliphatic rings. The lowest BCUT2D eigenvalue weighted by Crippen LogP contribution is -2.41. The first-order valence-electron chi connectivity index (χ1n) is 7.73. The summed E-state index contributed by atoms with van der Waals surface area (Å²) in [7, 11) is 1.87. The fourth-order valence-corrected chi connectivity index (χ4v) is 4.15. The SMILES string of the molecule is CCCCNC(=O)c1c(NC)sc2c1CC(NC(N)=S)CC2. The van der Waals surface area contributed by atoms with E-state index in [9.17, 15) is 4.79 Å². The highest BCUT2D eigenvalue weighted by Gasteiger charge is 2.28. The third-order valence-electron chi connectivity index (χ3n) is 3.88. The molecule has 7 heteroatoms. The summed E-state index contributed by atoms with van der Waals surface area (Å²) in [4.78, 5) is 13.8. The van der Waals surface area contributed by atoms with Gasteiger partial charge in [-0.2, -0.15) is 0 Å². The molecule has 0 spiro atoms. The molecule has 0 saturated heterocycles. The first-order chi connectivity index (χ1) is 10.6. The molecule has 2 rings (SSSR count). The van der Waals surface area contributed by atoms with E-state index in [1.807, 2.05) is 7.05 Å². The maximum absolute atomic E-state index is 12.5. The van der Waals surface area contributed by atoms with Crippen molar-refractivity contribution >= 4 is 39.6 Å². The van der Waals surface area contributed by atoms with Gasteiger partial charge in [-0.15, -0.1) is 11.3 Å². The summed E-state index contributed by atoms with van der Waals surface area (Å²) in [6.45, 7) is 2.83. The fraction of sp³-hybridized carbons (Fsp3) is 0.600. The minimum atomic E-state index is 0.0197. The third-order valence-corrected chi connectivity index (χ3v) is 5.30. The summed E-state index contributed by atoms with van der Waals surface area (Å²) in [5.41, 5.74) is 7.53. The normalized spacial score (nSPS) is 16.7. The molecule has 5 nitrogen and oxygen atoms in total. The van der Waals surface area contributed by atoms with Crippen molar-refractivity contribution in [3.8, 4) is 0 Å². The molecule has 1 atom stereocenters. The molecular formula is C15H24N4OS2. The van der Waals surface area contributed by atoms with Gasteiger partial charge in [-0.25, -0.2) is 0 Å². The maximum atomic E-state index is 12.5. The summed E-state index contributed by atoms with van der Waals surface area (Å²) >= 11 is 6.62. The van der Waals surface area contributed by atoms with Gasteiger partial charge in [0.15, 0.2) is 5.11 Å². The molecule has 122 valence electrons. The van der Waals surface area contributed by atoms with Crippen LogP contribution in [0.15, 0.2) is 0 Å². The largest absolute Gasteiger partial charge is 0.379 e. The molecular weight excluding hydrogens is 316 g/mol. The van der Waals surface area contributed by atoms with E-state index in [1.165, 1.54) is 4.88 Å². The van der Waals surface area contributed by atoms with Crippen LogP contribution in [0.5, 0.6) is 0 Å². The zero-order chi connectivity index (χ0) is 16.1. The minimum absolute atomic E-state index is 0.0197. The van der Waals surface area contributed by atoms with Crippen LogP contribution in [-0.4, -0.2) is 30.7 Å². The lowest BCUT2D eigenvalue weighted by Gasteiger charge is -2.24. The van der Waals surface area contributed by atoms with Gasteiger partial charge in [0.05, 0.1) is 5.56 Å². The molecule has 0 fully saturated rings. The van der Waals surface area contributed by atoms with Gasteiger partial charge in [-0.1, -0.05) is 13.3 Å². The minimum Gasteiger partial charge on any atom is -0.379 e. The topological polar surface area (TPSA) is 79.2 Å². The van der Waals surface area contributed by atoms with Crippen LogP contribution in [-0.2, 0) is 12.8 Å². The van der Waals surface area contributed by atoms with Crippen molar-refractivity contribution in [2.75, 3.05) is 18.9 Å². The highest BCUT2D eigenvalue weighted by atomic mass is 32.1. The van der Waals surface area contributed by atoms with Crippen molar-refractivity contribution in [1.29, 1.82) is 0 Å². The molecule has 5 N–H and O–H groups in total. The lowest BCUT2D eigenvalue weighted by atomic mass is 9.91. The Balaban J connectivity index is 2.20. The van der Waals surface area contributed by atoms with Gasteiger partial charge in [0.2, 0.25) is 0 Å². The fourth-order valence-electron chi connectivity index (χ4n) is 2.79. The van der Waals surface area contributed by atoms with Crippen LogP contribution in [0.2, 0.25) is 0 Å². The molecule has 0 aliphatic heterocycles. The van der Waals surface area contributed by atoms with Gasteiger partial charge < -0.3 is 21.7 Å². The molecule has 1 heterocycles. The summed E-state index contributed by atoms with van der Waals surface area (Å²) in [6, 6.07) is 0.214. The summed E-state index contributed by atoms with van der Waals surface area (Å²) in [6.07, 6.45) is 4.81. The smallest absolute Gasteiger partial charge is 0.254 e. The van der Waals surface area contributed by atoms with Gasteiger partial charge >= 0.3 is 0 Å². The van der Waals surface area contributed by atoms with Crippen LogP contribution >= 0.6 is 23.6 Å². The quantitative estimate of drug-likeness (QED) is 0.471. The Bertz CT molecular complexity index is 556. The molecule has 1 aromatic rings. The Labute approximate surface area is 141 Å². The molecule has 0 bridgehead atoms. The molecule has 22 heavy (non-hydrogen) atoms. The number of unbranched alkanes of at least 4 members (excludes halogenated alkanes) is 1. The number of thiocarbonyl (C=S) groups is 1. The van der Waals surface area contributed by atoms with E-state index in [4.69, 9.17) is 18.0 Å². The number of rotatable bonds is 6. The van der Waals surface area contributed by atoms with Crippen LogP contribution in [0.25, 0.3) is 0 Å². The predicted octanol–water partition coefficient (Wildman–Crippen LogP) is 2.01. The number of hydrogen-bond acceptors (Lipinski definition) is 4. The second kappa shape index (κ2) is 7.78. The standard InChI is InChI=1S/C15H24N4OS2/c1-3-4-7-18-13(20)12-10-8-9(19-15(16)21)5-6-11(10)22-14(12)17-2/h9,17H,3-8H2,1-2H3,(H,18,20)(H3,16,19,21). The Morgan fingerprint density at radius 3 is 2.91 bits per heavy atom. The van der Waals surface area contributed by atoms with E-state index in [0.29, 0.717) is 5.11 Å². The molecule has 1 aromatic heterocycles. The number of fused-ring (bicyclic) bond motifs is 1. The van der Waals surface area contributed by atoms with Gasteiger partial charge in [0, 0.05) is 24.5 Å². The third kappa shape index (κ3) is 3.89. The number of thiophene rings is 1. The van der Waals surface area contributed by atoms with Gasteiger partial charge in [-0.3, -0.25) is 4.79 Å². The number of aryl methyl sites for hydroxylation is 1. The first-order valence-corrected chi connectivity index (χ1v) is 8.95. The van der Waals surface area contributed by atoms with E-state index in [-0.39, 0.29) is 11.9 Å². The Kier molecular flexibility index (Phi) is 6.02. The van der Waals surface area contributed by atoms with Crippen molar-refractivity contribution in [2.45, 2.75) is 45.1 Å². The van der Waals surface area contributed by atoms with Gasteiger partial charge in [-0.05, 0) is 43.5 Å². The average molecular weight is 341 g/mol. The number of amides is 1. The Morgan fingerprint density at radius 1 is 1.50 bits per heavy atom. The number of nitrogens with one attached hydrogen (secondary N) is 3. The maximum Gasteiger partial charge on any atom is 0.254 e. The van der Waals surface area contributed by atoms with Crippen molar-refractivity contribution < 1.29 is 4.79 Å². The molecule has 0 saturated carbocycles. The van der Waals surface area contributed by atoms with Crippen LogP contribution in [0.3, 0.4) is 0 Å². The van der Waals surface area contributed by atoms with Crippen molar-refractivity contribution in [3.05, 3.63) is 16.0 Å². The average Bonchev–Trinajstić information content (AvgIpc) is 2.84. The second-order valence-corrected chi connectivity index (χ2v) is 7.06. The number of anilines is 1. The number of nitrogens with two attached hydrogens (primary N) is 1. The van der Waals surface area contributed by atoms with Crippen molar-refractivity contribution in [3.63, 3.8) is 0 Å². The van der Waals surface area contributed by atoms with Gasteiger partial charge in [0.25, 0.3) is 5.91 Å². The molecule has 0 radical (unpaired) electrons. The molecule has 1 aliphatic carbocycles. The Morgan fingerprint density at radius 2 is 2.27 bits per heavy atom. The van der Waals surface area contributed by atoms with Crippen LogP contribution in [0, 0.1) is 0 Å². The van der Waals surface area contributed by atoms with E-state index >= 15 is 0 Å². The van der Waals surface area contributed by atoms with Gasteiger partial charge in [0.1, 0.15) is 5.00 Å². The Hall–Kier alpha value is -1.34. The summed E-state index contributed by atoms with van der Waals surface area (Å²) < 4.78 is 0. The number of carbonyl (C=O) groups is 1. The first kappa shape index (κ1) is 17.0. The highest BCUT2D eigenvalue weighted by Crippen LogP contribution is 2.37. The molecule has 1 amide bonds. The predicted molar refractivity (Wildman–Crippen MR) is 96.8 cm³/mol. The van der Waals surface area contributed by atoms with Crippen LogP contribution < -0.4 is 21.7 Å². The van der Waals surface area contributed by atoms with E-state index in [2.05, 4.69) is 22.9 Å². The van der Waals surface area contributed by atoms with Crippen LogP contribution in [0.4, 0.5) is 5.00 Å². The highest BCUT2D eigenvalue weighted by molar-refractivity contribution is 7.80. The molecule has 1 unspecified atom stereocenters. The summed E-state index contributed by atoms with van der Waals surface area (Å²) in [5, 5.41) is 10.6. The summed E-state index contributed by atoms with van der Waals surface area (Å²) in [5.74, 6) is 0.0197. The van der Waals surface area contributed by atoms with Crippen molar-refractivity contribution in [2.24, 2.45) is 5.73 Å². The van der Waals surface area contributed by atoms with E-state index in [1.54, 1.807) is 11.3 Å². The monoisotopic (exact) mass is 340 g/mol. The van der Waals surface area contributed by atoms with E-state index in [0.717, 1.165) is 54.8 Å². The zero-order valence-electron chi connectivity index (χ0n) is 13.1. The number of hydrogen-bond donors (Lipinski definition) is 4. The van der Waals surface area contributed by atoms with Crippen LogP contribution in [0.1, 0.15) is 47.0 Å².